The SMILES string of the molecule is CCCCC1CCCN(C=O)CC1. The van der Waals surface area contributed by atoms with E-state index in [1.807, 2.05) is 4.90 Å². The first-order chi connectivity index (χ1) is 6.36. The zero-order valence-electron chi connectivity index (χ0n) is 8.67. The number of hydrogen-bond acceptors (Lipinski definition) is 1. The van der Waals surface area contributed by atoms with Crippen molar-refractivity contribution in [2.75, 3.05) is 13.1 Å². The monoisotopic (exact) mass is 183 g/mol. The fourth-order valence-electron chi connectivity index (χ4n) is 2.07. The lowest BCUT2D eigenvalue weighted by Crippen LogP contribution is -2.22. The van der Waals surface area contributed by atoms with Gasteiger partial charge in [-0.2, -0.15) is 0 Å². The zero-order chi connectivity index (χ0) is 9.52. The van der Waals surface area contributed by atoms with Gasteiger partial charge in [0.25, 0.3) is 0 Å². The van der Waals surface area contributed by atoms with Crippen LogP contribution in [0.1, 0.15) is 45.4 Å². The molecule has 76 valence electrons. The number of likely N-dealkylation sites (tertiary alicyclic amines) is 1. The van der Waals surface area contributed by atoms with Crippen molar-refractivity contribution in [3.05, 3.63) is 0 Å². The van der Waals surface area contributed by atoms with Crippen LogP contribution in [-0.4, -0.2) is 24.4 Å². The van der Waals surface area contributed by atoms with Crippen LogP contribution in [0.2, 0.25) is 0 Å². The number of rotatable bonds is 4. The first kappa shape index (κ1) is 10.6. The Kier molecular flexibility index (Phi) is 4.87. The van der Waals surface area contributed by atoms with E-state index in [1.165, 1.54) is 38.5 Å². The Hall–Kier alpha value is -0.530. The van der Waals surface area contributed by atoms with Crippen LogP contribution in [0, 0.1) is 5.92 Å². The van der Waals surface area contributed by atoms with Gasteiger partial charge in [0.05, 0.1) is 0 Å². The molecule has 1 unspecified atom stereocenters. The van der Waals surface area contributed by atoms with E-state index in [9.17, 15) is 4.79 Å². The lowest BCUT2D eigenvalue weighted by atomic mass is 9.95. The summed E-state index contributed by atoms with van der Waals surface area (Å²) in [7, 11) is 0. The summed E-state index contributed by atoms with van der Waals surface area (Å²) < 4.78 is 0. The van der Waals surface area contributed by atoms with Crippen molar-refractivity contribution in [1.29, 1.82) is 0 Å². The molecule has 0 aliphatic carbocycles. The lowest BCUT2D eigenvalue weighted by molar-refractivity contribution is -0.118. The summed E-state index contributed by atoms with van der Waals surface area (Å²) in [4.78, 5) is 12.5. The molecule has 1 heterocycles. The van der Waals surface area contributed by atoms with Gasteiger partial charge in [0, 0.05) is 13.1 Å². The zero-order valence-corrected chi connectivity index (χ0v) is 8.67. The Bertz CT molecular complexity index is 147. The number of amides is 1. The Morgan fingerprint density at radius 2 is 2.23 bits per heavy atom. The van der Waals surface area contributed by atoms with Crippen molar-refractivity contribution in [2.24, 2.45) is 5.92 Å². The number of nitrogens with zero attached hydrogens (tertiary/aromatic N) is 1. The molecule has 0 N–H and O–H groups in total. The van der Waals surface area contributed by atoms with Crippen LogP contribution < -0.4 is 0 Å². The molecule has 1 saturated heterocycles. The third kappa shape index (κ3) is 3.79. The van der Waals surface area contributed by atoms with Crippen LogP contribution in [0.5, 0.6) is 0 Å². The minimum Gasteiger partial charge on any atom is -0.345 e. The van der Waals surface area contributed by atoms with Crippen molar-refractivity contribution in [1.82, 2.24) is 4.90 Å². The highest BCUT2D eigenvalue weighted by Crippen LogP contribution is 2.21. The maximum atomic E-state index is 10.6. The molecule has 1 rings (SSSR count). The molecule has 0 aromatic carbocycles. The molecule has 0 aromatic rings. The number of carbonyl (C=O) groups is 1. The van der Waals surface area contributed by atoms with Crippen molar-refractivity contribution >= 4 is 6.41 Å². The van der Waals surface area contributed by atoms with E-state index < -0.39 is 0 Å². The van der Waals surface area contributed by atoms with Gasteiger partial charge in [-0.1, -0.05) is 26.2 Å². The van der Waals surface area contributed by atoms with E-state index in [-0.39, 0.29) is 0 Å². The smallest absolute Gasteiger partial charge is 0.209 e. The maximum Gasteiger partial charge on any atom is 0.209 e. The Balaban J connectivity index is 2.23. The molecule has 1 amide bonds. The molecule has 2 nitrogen and oxygen atoms in total. The van der Waals surface area contributed by atoms with Crippen LogP contribution in [0.25, 0.3) is 0 Å². The molecule has 0 bridgehead atoms. The third-order valence-corrected chi connectivity index (χ3v) is 3.00. The highest BCUT2D eigenvalue weighted by Gasteiger charge is 2.14. The highest BCUT2D eigenvalue weighted by atomic mass is 16.1. The summed E-state index contributed by atoms with van der Waals surface area (Å²) in [6.07, 6.45) is 8.77. The molecule has 1 atom stereocenters. The highest BCUT2D eigenvalue weighted by molar-refractivity contribution is 5.46. The van der Waals surface area contributed by atoms with Gasteiger partial charge in [-0.25, -0.2) is 0 Å². The van der Waals surface area contributed by atoms with E-state index in [2.05, 4.69) is 6.92 Å². The molecule has 2 heteroatoms. The van der Waals surface area contributed by atoms with Gasteiger partial charge in [0.2, 0.25) is 6.41 Å². The van der Waals surface area contributed by atoms with Crippen LogP contribution in [0.15, 0.2) is 0 Å². The van der Waals surface area contributed by atoms with Crippen molar-refractivity contribution in [2.45, 2.75) is 45.4 Å². The molecule has 1 fully saturated rings. The maximum absolute atomic E-state index is 10.6. The molecule has 0 aromatic heterocycles. The van der Waals surface area contributed by atoms with Crippen molar-refractivity contribution in [3.8, 4) is 0 Å². The number of carbonyl (C=O) groups excluding carboxylic acids is 1. The van der Waals surface area contributed by atoms with Gasteiger partial charge in [-0.15, -0.1) is 0 Å². The summed E-state index contributed by atoms with van der Waals surface area (Å²) in [6, 6.07) is 0. The number of unbranched alkanes of at least 4 members (excludes halogenated alkanes) is 1. The van der Waals surface area contributed by atoms with E-state index in [1.54, 1.807) is 0 Å². The third-order valence-electron chi connectivity index (χ3n) is 3.00. The van der Waals surface area contributed by atoms with Gasteiger partial charge in [0.15, 0.2) is 0 Å². The molecule has 0 spiro atoms. The average Bonchev–Trinajstić information content (AvgIpc) is 2.39. The van der Waals surface area contributed by atoms with Crippen molar-refractivity contribution < 1.29 is 4.79 Å². The first-order valence-corrected chi connectivity index (χ1v) is 5.56. The quantitative estimate of drug-likeness (QED) is 0.613. The van der Waals surface area contributed by atoms with E-state index >= 15 is 0 Å². The Morgan fingerprint density at radius 1 is 1.38 bits per heavy atom. The first-order valence-electron chi connectivity index (χ1n) is 5.56. The molecule has 1 aliphatic rings. The van der Waals surface area contributed by atoms with Crippen molar-refractivity contribution in [3.63, 3.8) is 0 Å². The van der Waals surface area contributed by atoms with Gasteiger partial charge in [0.1, 0.15) is 0 Å². The minimum absolute atomic E-state index is 0.880. The molecule has 1 aliphatic heterocycles. The summed E-state index contributed by atoms with van der Waals surface area (Å²) in [5.41, 5.74) is 0. The molecule has 0 radical (unpaired) electrons. The summed E-state index contributed by atoms with van der Waals surface area (Å²) in [6.45, 7) is 4.21. The molecule has 13 heavy (non-hydrogen) atoms. The second-order valence-corrected chi connectivity index (χ2v) is 4.08. The fourth-order valence-corrected chi connectivity index (χ4v) is 2.07. The minimum atomic E-state index is 0.880. The molecule has 0 saturated carbocycles. The Labute approximate surface area is 81.3 Å². The normalized spacial score (nSPS) is 24.1. The second-order valence-electron chi connectivity index (χ2n) is 4.08. The lowest BCUT2D eigenvalue weighted by Gasteiger charge is -2.14. The van der Waals surface area contributed by atoms with Gasteiger partial charge < -0.3 is 4.90 Å². The Morgan fingerprint density at radius 3 is 2.92 bits per heavy atom. The summed E-state index contributed by atoms with van der Waals surface area (Å²) in [5, 5.41) is 0. The van der Waals surface area contributed by atoms with E-state index in [4.69, 9.17) is 0 Å². The second kappa shape index (κ2) is 6.01. The van der Waals surface area contributed by atoms with E-state index in [0.717, 1.165) is 25.4 Å². The standard InChI is InChI=1S/C11H21NO/c1-2-3-5-11-6-4-8-12(10-13)9-7-11/h10-11H,2-9H2,1H3. The van der Waals surface area contributed by atoms with E-state index in [0.29, 0.717) is 0 Å². The topological polar surface area (TPSA) is 20.3 Å². The predicted molar refractivity (Wildman–Crippen MR) is 54.5 cm³/mol. The molecular formula is C11H21NO. The van der Waals surface area contributed by atoms with Crippen LogP contribution in [0.4, 0.5) is 0 Å². The number of hydrogen-bond donors (Lipinski definition) is 0. The predicted octanol–water partition coefficient (Wildman–Crippen LogP) is 2.44. The average molecular weight is 183 g/mol. The fraction of sp³-hybridized carbons (Fsp3) is 0.909. The van der Waals surface area contributed by atoms with Crippen LogP contribution in [0.3, 0.4) is 0 Å². The van der Waals surface area contributed by atoms with Crippen LogP contribution >= 0.6 is 0 Å². The largest absolute Gasteiger partial charge is 0.345 e. The summed E-state index contributed by atoms with van der Waals surface area (Å²) >= 11 is 0. The van der Waals surface area contributed by atoms with Gasteiger partial charge in [-0.3, -0.25) is 4.79 Å². The van der Waals surface area contributed by atoms with Crippen LogP contribution in [-0.2, 0) is 4.79 Å². The summed E-state index contributed by atoms with van der Waals surface area (Å²) in [5.74, 6) is 0.880. The molecular weight excluding hydrogens is 162 g/mol. The van der Waals surface area contributed by atoms with Gasteiger partial charge in [-0.05, 0) is 25.2 Å². The van der Waals surface area contributed by atoms with Gasteiger partial charge >= 0.3 is 0 Å².